The molecule has 0 spiro atoms. The number of hydrogen-bond acceptors (Lipinski definition) is 0. The van der Waals surface area contributed by atoms with Gasteiger partial charge in [-0.1, -0.05) is 207 Å². The summed E-state index contributed by atoms with van der Waals surface area (Å²) >= 11 is 0. The summed E-state index contributed by atoms with van der Waals surface area (Å²) < 4.78 is 0. The molecule has 0 saturated carbocycles. The standard InChI is InChI=1S/2C18H15P.2C5H9.Pt/c2*1-4-10-16(11-5-1)19(17-12-6-2-7-13-17)18-14-8-3-9-15-18;2*1-3-5-4-2;/h2*1-15H;2*3H,1-2,4-5H2;/q;;2*-1;+2. The van der Waals surface area contributed by atoms with E-state index >= 15 is 0 Å². The van der Waals surface area contributed by atoms with Crippen LogP contribution in [0.25, 0.3) is 0 Å². The molecule has 0 aliphatic heterocycles. The van der Waals surface area contributed by atoms with Crippen molar-refractivity contribution in [3.8, 4) is 0 Å². The van der Waals surface area contributed by atoms with E-state index in [-0.39, 0.29) is 21.1 Å². The van der Waals surface area contributed by atoms with Crippen molar-refractivity contribution in [3.63, 3.8) is 0 Å². The van der Waals surface area contributed by atoms with Crippen LogP contribution in [0.3, 0.4) is 0 Å². The first-order valence-corrected chi connectivity index (χ1v) is 19.1. The quantitative estimate of drug-likeness (QED) is 0.0732. The van der Waals surface area contributed by atoms with Gasteiger partial charge in [-0.15, -0.1) is 13.2 Å². The molecule has 6 aromatic carbocycles. The zero-order valence-corrected chi connectivity index (χ0v) is 32.4. The van der Waals surface area contributed by atoms with Crippen LogP contribution in [0.4, 0.5) is 0 Å². The van der Waals surface area contributed by atoms with E-state index in [0.29, 0.717) is 0 Å². The molecule has 0 fully saturated rings. The normalized spacial score (nSPS) is 9.71. The summed E-state index contributed by atoms with van der Waals surface area (Å²) in [4.78, 5) is 0. The minimum Gasteiger partial charge on any atom is -0.343 e. The first-order chi connectivity index (χ1) is 23.7. The SMILES string of the molecule is C=CCC[CH2-].C=CCC[CH2-].[Pt+2].c1ccc(P(c2ccccc2)c2ccccc2)cc1.c1ccc(P(c2ccccc2)c2ccccc2)cc1. The Balaban J connectivity index is 0.000000264. The maximum atomic E-state index is 3.60. The summed E-state index contributed by atoms with van der Waals surface area (Å²) in [5, 5.41) is 8.39. The third kappa shape index (κ3) is 15.2. The van der Waals surface area contributed by atoms with Crippen LogP contribution < -0.4 is 31.8 Å². The maximum absolute atomic E-state index is 3.60. The Morgan fingerprint density at radius 3 is 0.612 bits per heavy atom. The minimum atomic E-state index is -0.446. The van der Waals surface area contributed by atoms with Gasteiger partial charge in [-0.2, -0.15) is 12.8 Å². The Morgan fingerprint density at radius 1 is 0.347 bits per heavy atom. The molecule has 0 atom stereocenters. The average molecular weight is 858 g/mol. The molecule has 0 aliphatic carbocycles. The molecule has 0 saturated heterocycles. The molecule has 0 bridgehead atoms. The Morgan fingerprint density at radius 2 is 0.510 bits per heavy atom. The molecule has 0 unspecified atom stereocenters. The van der Waals surface area contributed by atoms with Gasteiger partial charge in [0.2, 0.25) is 0 Å². The average Bonchev–Trinajstić information content (AvgIpc) is 3.16. The number of unbranched alkanes of at least 4 members (excludes halogenated alkanes) is 2. The van der Waals surface area contributed by atoms with Gasteiger partial charge in [0.25, 0.3) is 0 Å². The second-order valence-corrected chi connectivity index (χ2v) is 15.0. The van der Waals surface area contributed by atoms with Gasteiger partial charge in [-0.3, -0.25) is 0 Å². The first-order valence-electron chi connectivity index (χ1n) is 16.4. The molecule has 252 valence electrons. The monoisotopic (exact) mass is 857 g/mol. The van der Waals surface area contributed by atoms with Crippen LogP contribution in [-0.4, -0.2) is 0 Å². The number of hydrogen-bond donors (Lipinski definition) is 0. The summed E-state index contributed by atoms with van der Waals surface area (Å²) in [6.45, 7) is 14.2. The molecule has 0 aliphatic rings. The van der Waals surface area contributed by atoms with Gasteiger partial charge in [0.05, 0.1) is 0 Å². The van der Waals surface area contributed by atoms with Crippen molar-refractivity contribution >= 4 is 47.7 Å². The first kappa shape index (κ1) is 41.5. The number of allylic oxidation sites excluding steroid dienone is 2. The fourth-order valence-electron chi connectivity index (χ4n) is 4.65. The van der Waals surface area contributed by atoms with Crippen LogP contribution in [0.15, 0.2) is 207 Å². The molecule has 0 N–H and O–H groups in total. The van der Waals surface area contributed by atoms with E-state index in [9.17, 15) is 0 Å². The van der Waals surface area contributed by atoms with E-state index in [1.165, 1.54) is 31.8 Å². The summed E-state index contributed by atoms with van der Waals surface area (Å²) in [5.41, 5.74) is 0. The fraction of sp³-hybridized carbons (Fsp3) is 0.0870. The molecule has 0 amide bonds. The van der Waals surface area contributed by atoms with Gasteiger partial charge in [-0.05, 0) is 47.7 Å². The summed E-state index contributed by atoms with van der Waals surface area (Å²) in [5.74, 6) is 0. The van der Waals surface area contributed by atoms with Crippen LogP contribution >= 0.6 is 15.8 Å². The van der Waals surface area contributed by atoms with Crippen LogP contribution in [0, 0.1) is 13.8 Å². The molecule has 0 radical (unpaired) electrons. The third-order valence-electron chi connectivity index (χ3n) is 6.90. The van der Waals surface area contributed by atoms with Gasteiger partial charge >= 0.3 is 21.1 Å². The second kappa shape index (κ2) is 26.2. The molecule has 6 aromatic rings. The Hall–Kier alpha value is -3.65. The van der Waals surface area contributed by atoms with E-state index in [4.69, 9.17) is 0 Å². The zero-order chi connectivity index (χ0) is 34.1. The molecule has 6 rings (SSSR count). The van der Waals surface area contributed by atoms with Gasteiger partial charge < -0.3 is 13.8 Å². The van der Waals surface area contributed by atoms with Crippen molar-refractivity contribution in [2.45, 2.75) is 25.7 Å². The van der Waals surface area contributed by atoms with Crippen molar-refractivity contribution in [1.82, 2.24) is 0 Å². The largest absolute Gasteiger partial charge is 2.00 e. The Kier molecular flexibility index (Phi) is 22.2. The van der Waals surface area contributed by atoms with Crippen LogP contribution in [0.2, 0.25) is 0 Å². The second-order valence-electron chi connectivity index (χ2n) is 10.5. The van der Waals surface area contributed by atoms with E-state index in [1.54, 1.807) is 0 Å². The predicted molar refractivity (Wildman–Crippen MR) is 220 cm³/mol. The third-order valence-corrected chi connectivity index (χ3v) is 11.8. The number of benzene rings is 6. The molecular weight excluding hydrogens is 810 g/mol. The fourth-order valence-corrected chi connectivity index (χ4v) is 9.26. The molecule has 0 heterocycles. The van der Waals surface area contributed by atoms with Crippen molar-refractivity contribution < 1.29 is 21.1 Å². The minimum absolute atomic E-state index is 0. The molecular formula is C46H48P2Pt. The van der Waals surface area contributed by atoms with Crippen molar-refractivity contribution in [2.24, 2.45) is 0 Å². The molecule has 49 heavy (non-hydrogen) atoms. The zero-order valence-electron chi connectivity index (χ0n) is 28.3. The molecule has 0 nitrogen and oxygen atoms in total. The van der Waals surface area contributed by atoms with E-state index in [1.807, 2.05) is 12.2 Å². The Bertz CT molecular complexity index is 1330. The van der Waals surface area contributed by atoms with Crippen molar-refractivity contribution in [2.75, 3.05) is 0 Å². The van der Waals surface area contributed by atoms with Gasteiger partial charge in [0.1, 0.15) is 0 Å². The summed E-state index contributed by atoms with van der Waals surface area (Å²) in [7, 11) is -0.892. The smallest absolute Gasteiger partial charge is 0.343 e. The van der Waals surface area contributed by atoms with Crippen molar-refractivity contribution in [3.05, 3.63) is 221 Å². The summed E-state index contributed by atoms with van der Waals surface area (Å²) in [6, 6.07) is 64.7. The van der Waals surface area contributed by atoms with Gasteiger partial charge in [0.15, 0.2) is 0 Å². The molecule has 3 heteroatoms. The molecule has 0 aromatic heterocycles. The topological polar surface area (TPSA) is 0 Å². The Labute approximate surface area is 313 Å². The van der Waals surface area contributed by atoms with Gasteiger partial charge in [-0.25, -0.2) is 0 Å². The maximum Gasteiger partial charge on any atom is 2.00 e. The van der Waals surface area contributed by atoms with Crippen molar-refractivity contribution in [1.29, 1.82) is 0 Å². The van der Waals surface area contributed by atoms with E-state index in [2.05, 4.69) is 209 Å². The summed E-state index contributed by atoms with van der Waals surface area (Å²) in [6.07, 6.45) is 7.77. The van der Waals surface area contributed by atoms with Crippen LogP contribution in [-0.2, 0) is 21.1 Å². The van der Waals surface area contributed by atoms with E-state index in [0.717, 1.165) is 25.7 Å². The van der Waals surface area contributed by atoms with Gasteiger partial charge in [0, 0.05) is 0 Å². The van der Waals surface area contributed by atoms with Crippen LogP contribution in [0.1, 0.15) is 25.7 Å². The predicted octanol–water partition coefficient (Wildman–Crippen LogP) is 10.5. The van der Waals surface area contributed by atoms with E-state index < -0.39 is 15.8 Å². The number of rotatable bonds is 10. The van der Waals surface area contributed by atoms with Crippen LogP contribution in [0.5, 0.6) is 0 Å².